The Bertz CT molecular complexity index is 881. The van der Waals surface area contributed by atoms with Crippen LogP contribution in [0.4, 0.5) is 4.39 Å². The maximum atomic E-state index is 13.9. The fourth-order valence-corrected chi connectivity index (χ4v) is 4.44. The summed E-state index contributed by atoms with van der Waals surface area (Å²) in [6, 6.07) is 4.92. The van der Waals surface area contributed by atoms with Crippen molar-refractivity contribution < 1.29 is 9.18 Å². The van der Waals surface area contributed by atoms with Crippen LogP contribution in [0, 0.1) is 5.82 Å². The van der Waals surface area contributed by atoms with Crippen LogP contribution in [0.1, 0.15) is 53.8 Å². The van der Waals surface area contributed by atoms with Crippen molar-refractivity contribution in [3.63, 3.8) is 0 Å². The summed E-state index contributed by atoms with van der Waals surface area (Å²) < 4.78 is 15.6. The van der Waals surface area contributed by atoms with Gasteiger partial charge in [-0.25, -0.2) is 9.07 Å². The van der Waals surface area contributed by atoms with E-state index in [0.717, 1.165) is 56.2 Å². The second kappa shape index (κ2) is 7.24. The van der Waals surface area contributed by atoms with E-state index in [9.17, 15) is 9.18 Å². The van der Waals surface area contributed by atoms with Gasteiger partial charge in [0, 0.05) is 36.5 Å². The van der Waals surface area contributed by atoms with Crippen LogP contribution >= 0.6 is 11.6 Å². The van der Waals surface area contributed by atoms with E-state index in [1.165, 1.54) is 12.1 Å². The van der Waals surface area contributed by atoms with E-state index in [-0.39, 0.29) is 23.0 Å². The van der Waals surface area contributed by atoms with Gasteiger partial charge in [0.1, 0.15) is 5.82 Å². The lowest BCUT2D eigenvalue weighted by Gasteiger charge is -2.33. The first-order valence-corrected chi connectivity index (χ1v) is 9.92. The molecule has 0 aliphatic heterocycles. The molecule has 1 fully saturated rings. The molecular formula is C20H24ClFN4O. The molecule has 2 aliphatic carbocycles. The van der Waals surface area contributed by atoms with E-state index in [2.05, 4.69) is 5.10 Å². The van der Waals surface area contributed by atoms with Gasteiger partial charge in [-0.05, 0) is 57.1 Å². The molecule has 7 heteroatoms. The Balaban J connectivity index is 1.67. The lowest BCUT2D eigenvalue weighted by Crippen LogP contribution is -2.43. The maximum Gasteiger partial charge on any atom is 0.274 e. The van der Waals surface area contributed by atoms with Crippen LogP contribution in [0.3, 0.4) is 0 Å². The Hall–Kier alpha value is -1.92. The molecule has 1 aromatic heterocycles. The molecule has 0 bridgehead atoms. The summed E-state index contributed by atoms with van der Waals surface area (Å²) in [5.74, 6) is -0.557. The standard InChI is InChI=1S/C20H24ClFN4O/c1-25(13-5-2-4-12(23)10-13)20(27)19-15-6-3-7-18(15)26(24-19)14-8-9-16(21)17(22)11-14/h8-9,11-13H,2-7,10,23H2,1H3. The fraction of sp³-hybridized carbons (Fsp3) is 0.500. The number of aromatic nitrogens is 2. The number of fused-ring (bicyclic) bond motifs is 1. The average molecular weight is 391 g/mol. The Morgan fingerprint density at radius 2 is 2.15 bits per heavy atom. The van der Waals surface area contributed by atoms with Crippen molar-refractivity contribution in [1.82, 2.24) is 14.7 Å². The van der Waals surface area contributed by atoms with E-state index >= 15 is 0 Å². The molecule has 0 saturated heterocycles. The van der Waals surface area contributed by atoms with Crippen LogP contribution in [-0.4, -0.2) is 39.7 Å². The van der Waals surface area contributed by atoms with Gasteiger partial charge in [0.15, 0.2) is 5.69 Å². The Morgan fingerprint density at radius 3 is 2.89 bits per heavy atom. The monoisotopic (exact) mass is 390 g/mol. The molecule has 1 heterocycles. The van der Waals surface area contributed by atoms with E-state index in [1.807, 2.05) is 7.05 Å². The first kappa shape index (κ1) is 18.4. The molecule has 2 N–H and O–H groups in total. The molecule has 2 aliphatic rings. The predicted octanol–water partition coefficient (Wildman–Crippen LogP) is 3.50. The lowest BCUT2D eigenvalue weighted by molar-refractivity contribution is 0.0680. The summed E-state index contributed by atoms with van der Waals surface area (Å²) >= 11 is 5.80. The number of carbonyl (C=O) groups is 1. The molecule has 1 saturated carbocycles. The van der Waals surface area contributed by atoms with Gasteiger partial charge < -0.3 is 10.6 Å². The summed E-state index contributed by atoms with van der Waals surface area (Å²) in [5, 5.41) is 4.67. The topological polar surface area (TPSA) is 64.2 Å². The summed E-state index contributed by atoms with van der Waals surface area (Å²) in [4.78, 5) is 15.0. The molecule has 2 aromatic rings. The van der Waals surface area contributed by atoms with Crippen LogP contribution in [0.15, 0.2) is 18.2 Å². The molecular weight excluding hydrogens is 367 g/mol. The van der Waals surface area contributed by atoms with Gasteiger partial charge in [-0.1, -0.05) is 11.6 Å². The molecule has 5 nitrogen and oxygen atoms in total. The Labute approximate surface area is 163 Å². The highest BCUT2D eigenvalue weighted by Crippen LogP contribution is 2.30. The second-order valence-corrected chi connectivity index (χ2v) is 8.04. The van der Waals surface area contributed by atoms with Crippen molar-refractivity contribution in [2.45, 2.75) is 57.0 Å². The largest absolute Gasteiger partial charge is 0.337 e. The van der Waals surface area contributed by atoms with Crippen LogP contribution in [0.25, 0.3) is 5.69 Å². The van der Waals surface area contributed by atoms with Gasteiger partial charge in [0.2, 0.25) is 0 Å². The molecule has 27 heavy (non-hydrogen) atoms. The van der Waals surface area contributed by atoms with Crippen LogP contribution in [-0.2, 0) is 12.8 Å². The molecule has 144 valence electrons. The number of carbonyl (C=O) groups excluding carboxylic acids is 1. The molecule has 4 rings (SSSR count). The summed E-state index contributed by atoms with van der Waals surface area (Å²) in [7, 11) is 1.84. The summed E-state index contributed by atoms with van der Waals surface area (Å²) in [5.41, 5.74) is 9.16. The van der Waals surface area contributed by atoms with E-state index in [1.54, 1.807) is 15.6 Å². The van der Waals surface area contributed by atoms with Crippen molar-refractivity contribution in [2.24, 2.45) is 5.73 Å². The molecule has 1 amide bonds. The van der Waals surface area contributed by atoms with Crippen LogP contribution in [0.2, 0.25) is 5.02 Å². The first-order valence-electron chi connectivity index (χ1n) is 9.54. The van der Waals surface area contributed by atoms with Crippen molar-refractivity contribution >= 4 is 17.5 Å². The number of amides is 1. The van der Waals surface area contributed by atoms with E-state index in [4.69, 9.17) is 17.3 Å². The number of hydrogen-bond acceptors (Lipinski definition) is 3. The number of benzene rings is 1. The normalized spacial score (nSPS) is 21.9. The average Bonchev–Trinajstić information content (AvgIpc) is 3.25. The molecule has 1 aromatic carbocycles. The van der Waals surface area contributed by atoms with Crippen molar-refractivity contribution in [3.05, 3.63) is 46.0 Å². The van der Waals surface area contributed by atoms with Crippen molar-refractivity contribution in [1.29, 1.82) is 0 Å². The molecule has 0 radical (unpaired) electrons. The fourth-order valence-electron chi connectivity index (χ4n) is 4.32. The first-order chi connectivity index (χ1) is 13.0. The third-order valence-corrected chi connectivity index (χ3v) is 6.14. The summed E-state index contributed by atoms with van der Waals surface area (Å²) in [6.07, 6.45) is 6.49. The number of nitrogens with zero attached hydrogens (tertiary/aromatic N) is 3. The van der Waals surface area contributed by atoms with Crippen molar-refractivity contribution in [3.8, 4) is 5.69 Å². The quantitative estimate of drug-likeness (QED) is 0.872. The molecule has 2 atom stereocenters. The third-order valence-electron chi connectivity index (χ3n) is 5.84. The van der Waals surface area contributed by atoms with Gasteiger partial charge in [-0.2, -0.15) is 5.10 Å². The summed E-state index contributed by atoms with van der Waals surface area (Å²) in [6.45, 7) is 0. The Kier molecular flexibility index (Phi) is 4.95. The highest BCUT2D eigenvalue weighted by Gasteiger charge is 2.32. The van der Waals surface area contributed by atoms with Gasteiger partial charge in [0.25, 0.3) is 5.91 Å². The third kappa shape index (κ3) is 3.36. The zero-order chi connectivity index (χ0) is 19.1. The molecule has 0 spiro atoms. The van der Waals surface area contributed by atoms with Gasteiger partial charge in [-0.3, -0.25) is 4.79 Å². The minimum absolute atomic E-state index is 0.0690. The minimum atomic E-state index is -0.488. The second-order valence-electron chi connectivity index (χ2n) is 7.63. The highest BCUT2D eigenvalue weighted by atomic mass is 35.5. The highest BCUT2D eigenvalue weighted by molar-refractivity contribution is 6.30. The van der Waals surface area contributed by atoms with E-state index in [0.29, 0.717) is 11.4 Å². The minimum Gasteiger partial charge on any atom is -0.337 e. The zero-order valence-corrected chi connectivity index (χ0v) is 16.2. The van der Waals surface area contributed by atoms with Gasteiger partial charge in [0.05, 0.1) is 10.7 Å². The van der Waals surface area contributed by atoms with Gasteiger partial charge in [-0.15, -0.1) is 0 Å². The van der Waals surface area contributed by atoms with Crippen molar-refractivity contribution in [2.75, 3.05) is 7.05 Å². The smallest absolute Gasteiger partial charge is 0.274 e. The van der Waals surface area contributed by atoms with Gasteiger partial charge >= 0.3 is 0 Å². The van der Waals surface area contributed by atoms with Crippen LogP contribution < -0.4 is 5.73 Å². The number of hydrogen-bond donors (Lipinski definition) is 1. The maximum absolute atomic E-state index is 13.9. The number of nitrogens with two attached hydrogens (primary N) is 1. The predicted molar refractivity (Wildman–Crippen MR) is 103 cm³/mol. The van der Waals surface area contributed by atoms with E-state index < -0.39 is 5.82 Å². The molecule has 2 unspecified atom stereocenters. The SMILES string of the molecule is CN(C(=O)c1nn(-c2ccc(Cl)c(F)c2)c2c1CCC2)C1CCCC(N)C1. The number of rotatable bonds is 3. The lowest BCUT2D eigenvalue weighted by atomic mass is 9.90. The zero-order valence-electron chi connectivity index (χ0n) is 15.4. The Morgan fingerprint density at radius 1 is 1.33 bits per heavy atom. The number of halogens is 2. The van der Waals surface area contributed by atoms with Crippen LogP contribution in [0.5, 0.6) is 0 Å².